The van der Waals surface area contributed by atoms with E-state index in [1.165, 1.54) is 17.7 Å². The molecule has 1 heterocycles. The molecule has 1 aliphatic rings. The minimum Gasteiger partial charge on any atom is -0.362 e. The largest absolute Gasteiger partial charge is 0.362 e. The number of rotatable bonds is 4. The van der Waals surface area contributed by atoms with Gasteiger partial charge in [0.1, 0.15) is 0 Å². The highest BCUT2D eigenvalue weighted by atomic mass is 35.5. The first kappa shape index (κ1) is 15.9. The SMILES string of the molecule is O=C(CN1CCCCc2ccccc21)NCc1ccc(Cl)cc1. The van der Waals surface area contributed by atoms with Gasteiger partial charge in [0, 0.05) is 23.8 Å². The van der Waals surface area contributed by atoms with Gasteiger partial charge in [0.2, 0.25) is 5.91 Å². The van der Waals surface area contributed by atoms with E-state index in [9.17, 15) is 4.79 Å². The van der Waals surface area contributed by atoms with Gasteiger partial charge < -0.3 is 10.2 Å². The number of para-hydroxylation sites is 1. The highest BCUT2D eigenvalue weighted by Crippen LogP contribution is 2.25. The molecule has 0 radical (unpaired) electrons. The third kappa shape index (κ3) is 4.26. The lowest BCUT2D eigenvalue weighted by Gasteiger charge is -2.24. The van der Waals surface area contributed by atoms with Gasteiger partial charge in [-0.2, -0.15) is 0 Å². The molecule has 23 heavy (non-hydrogen) atoms. The molecule has 0 saturated heterocycles. The summed E-state index contributed by atoms with van der Waals surface area (Å²) in [4.78, 5) is 14.5. The summed E-state index contributed by atoms with van der Waals surface area (Å²) in [5.41, 5.74) is 3.60. The van der Waals surface area contributed by atoms with Crippen molar-refractivity contribution in [3.8, 4) is 0 Å². The molecule has 4 heteroatoms. The van der Waals surface area contributed by atoms with Crippen LogP contribution in [0.3, 0.4) is 0 Å². The zero-order chi connectivity index (χ0) is 16.1. The number of carbonyl (C=O) groups excluding carboxylic acids is 1. The molecule has 3 rings (SSSR count). The van der Waals surface area contributed by atoms with Crippen molar-refractivity contribution in [1.82, 2.24) is 5.32 Å². The van der Waals surface area contributed by atoms with Crippen LogP contribution >= 0.6 is 11.6 Å². The first-order chi connectivity index (χ1) is 11.2. The molecule has 0 spiro atoms. The van der Waals surface area contributed by atoms with E-state index in [1.807, 2.05) is 30.3 Å². The van der Waals surface area contributed by atoms with E-state index in [0.717, 1.165) is 24.9 Å². The zero-order valence-corrected chi connectivity index (χ0v) is 13.9. The van der Waals surface area contributed by atoms with Crippen LogP contribution in [0.2, 0.25) is 5.02 Å². The molecule has 2 aromatic carbocycles. The summed E-state index contributed by atoms with van der Waals surface area (Å²) in [6.07, 6.45) is 3.40. The standard InChI is InChI=1S/C19H21ClN2O/c20-17-10-8-15(9-11-17)13-21-19(23)14-22-12-4-3-6-16-5-1-2-7-18(16)22/h1-2,5,7-11H,3-4,6,12-14H2,(H,21,23). The molecular weight excluding hydrogens is 308 g/mol. The predicted molar refractivity (Wildman–Crippen MR) is 94.9 cm³/mol. The van der Waals surface area contributed by atoms with Gasteiger partial charge in [-0.3, -0.25) is 4.79 Å². The van der Waals surface area contributed by atoms with Gasteiger partial charge in [0.15, 0.2) is 0 Å². The Labute approximate surface area is 142 Å². The summed E-state index contributed by atoms with van der Waals surface area (Å²) < 4.78 is 0. The van der Waals surface area contributed by atoms with E-state index in [-0.39, 0.29) is 5.91 Å². The van der Waals surface area contributed by atoms with E-state index in [2.05, 4.69) is 28.4 Å². The van der Waals surface area contributed by atoms with E-state index in [4.69, 9.17) is 11.6 Å². The van der Waals surface area contributed by atoms with Gasteiger partial charge in [0.25, 0.3) is 0 Å². The number of fused-ring (bicyclic) bond motifs is 1. The third-order valence-electron chi connectivity index (χ3n) is 4.19. The maximum atomic E-state index is 12.3. The van der Waals surface area contributed by atoms with Gasteiger partial charge in [-0.25, -0.2) is 0 Å². The van der Waals surface area contributed by atoms with Crippen molar-refractivity contribution < 1.29 is 4.79 Å². The van der Waals surface area contributed by atoms with Crippen LogP contribution in [0.1, 0.15) is 24.0 Å². The number of halogens is 1. The maximum Gasteiger partial charge on any atom is 0.239 e. The van der Waals surface area contributed by atoms with E-state index in [1.54, 1.807) is 0 Å². The number of nitrogens with one attached hydrogen (secondary N) is 1. The summed E-state index contributed by atoms with van der Waals surface area (Å²) in [6.45, 7) is 1.88. The summed E-state index contributed by atoms with van der Waals surface area (Å²) >= 11 is 5.87. The minimum absolute atomic E-state index is 0.0525. The van der Waals surface area contributed by atoms with Crippen molar-refractivity contribution in [2.24, 2.45) is 0 Å². The molecule has 1 N–H and O–H groups in total. The Bertz CT molecular complexity index is 669. The number of anilines is 1. The van der Waals surface area contributed by atoms with E-state index >= 15 is 0 Å². The van der Waals surface area contributed by atoms with Crippen LogP contribution in [-0.2, 0) is 17.8 Å². The highest BCUT2D eigenvalue weighted by Gasteiger charge is 2.17. The number of nitrogens with zero attached hydrogens (tertiary/aromatic N) is 1. The van der Waals surface area contributed by atoms with Gasteiger partial charge in [0.05, 0.1) is 6.54 Å². The quantitative estimate of drug-likeness (QED) is 0.926. The summed E-state index contributed by atoms with van der Waals surface area (Å²) in [7, 11) is 0. The first-order valence-electron chi connectivity index (χ1n) is 8.06. The second-order valence-electron chi connectivity index (χ2n) is 5.91. The number of aryl methyl sites for hydroxylation is 1. The van der Waals surface area contributed by atoms with E-state index in [0.29, 0.717) is 18.1 Å². The topological polar surface area (TPSA) is 32.3 Å². The Morgan fingerprint density at radius 1 is 1.09 bits per heavy atom. The summed E-state index contributed by atoms with van der Waals surface area (Å²) in [6, 6.07) is 16.0. The molecule has 0 fully saturated rings. The summed E-state index contributed by atoms with van der Waals surface area (Å²) in [5, 5.41) is 3.70. The van der Waals surface area contributed by atoms with Gasteiger partial charge >= 0.3 is 0 Å². The van der Waals surface area contributed by atoms with Crippen LogP contribution in [0, 0.1) is 0 Å². The van der Waals surface area contributed by atoms with Crippen molar-refractivity contribution in [2.75, 3.05) is 18.0 Å². The number of amides is 1. The fraction of sp³-hybridized carbons (Fsp3) is 0.316. The average molecular weight is 329 g/mol. The number of carbonyl (C=O) groups is 1. The molecule has 0 unspecified atom stereocenters. The lowest BCUT2D eigenvalue weighted by atomic mass is 10.1. The minimum atomic E-state index is 0.0525. The van der Waals surface area contributed by atoms with Crippen LogP contribution in [0.15, 0.2) is 48.5 Å². The summed E-state index contributed by atoms with van der Waals surface area (Å²) in [5.74, 6) is 0.0525. The van der Waals surface area contributed by atoms with Crippen LogP contribution < -0.4 is 10.2 Å². The number of hydrogen-bond donors (Lipinski definition) is 1. The van der Waals surface area contributed by atoms with Crippen molar-refractivity contribution in [3.05, 3.63) is 64.7 Å². The molecule has 2 aromatic rings. The smallest absolute Gasteiger partial charge is 0.239 e. The monoisotopic (exact) mass is 328 g/mol. The normalized spacial score (nSPS) is 14.0. The van der Waals surface area contributed by atoms with E-state index < -0.39 is 0 Å². The molecule has 0 saturated carbocycles. The van der Waals surface area contributed by atoms with Crippen molar-refractivity contribution in [2.45, 2.75) is 25.8 Å². The Morgan fingerprint density at radius 3 is 2.70 bits per heavy atom. The lowest BCUT2D eigenvalue weighted by molar-refractivity contribution is -0.119. The fourth-order valence-corrected chi connectivity index (χ4v) is 3.09. The Kier molecular flexibility index (Phi) is 5.19. The Balaban J connectivity index is 1.60. The van der Waals surface area contributed by atoms with Crippen LogP contribution in [0.5, 0.6) is 0 Å². The van der Waals surface area contributed by atoms with Crippen molar-refractivity contribution in [3.63, 3.8) is 0 Å². The van der Waals surface area contributed by atoms with Crippen LogP contribution in [0.4, 0.5) is 5.69 Å². The molecular formula is C19H21ClN2O. The second kappa shape index (κ2) is 7.51. The van der Waals surface area contributed by atoms with Crippen LogP contribution in [-0.4, -0.2) is 19.0 Å². The lowest BCUT2D eigenvalue weighted by Crippen LogP contribution is -2.37. The molecule has 0 aromatic heterocycles. The molecule has 0 aliphatic carbocycles. The zero-order valence-electron chi connectivity index (χ0n) is 13.1. The number of hydrogen-bond acceptors (Lipinski definition) is 2. The Morgan fingerprint density at radius 2 is 1.87 bits per heavy atom. The average Bonchev–Trinajstić information content (AvgIpc) is 2.77. The molecule has 1 aliphatic heterocycles. The maximum absolute atomic E-state index is 12.3. The second-order valence-corrected chi connectivity index (χ2v) is 6.35. The predicted octanol–water partition coefficient (Wildman–Crippen LogP) is 3.80. The fourth-order valence-electron chi connectivity index (χ4n) is 2.97. The Hall–Kier alpha value is -2.00. The van der Waals surface area contributed by atoms with Gasteiger partial charge in [-0.15, -0.1) is 0 Å². The van der Waals surface area contributed by atoms with Crippen LogP contribution in [0.25, 0.3) is 0 Å². The highest BCUT2D eigenvalue weighted by molar-refractivity contribution is 6.30. The molecule has 0 atom stereocenters. The number of benzene rings is 2. The van der Waals surface area contributed by atoms with Crippen molar-refractivity contribution >= 4 is 23.2 Å². The molecule has 1 amide bonds. The first-order valence-corrected chi connectivity index (χ1v) is 8.44. The molecule has 3 nitrogen and oxygen atoms in total. The van der Waals surface area contributed by atoms with Gasteiger partial charge in [-0.05, 0) is 48.6 Å². The third-order valence-corrected chi connectivity index (χ3v) is 4.45. The molecule has 120 valence electrons. The molecule has 0 bridgehead atoms. The van der Waals surface area contributed by atoms with Crippen molar-refractivity contribution in [1.29, 1.82) is 0 Å². The van der Waals surface area contributed by atoms with Gasteiger partial charge in [-0.1, -0.05) is 41.9 Å².